The fourth-order valence-electron chi connectivity index (χ4n) is 3.59. The molecule has 2 atom stereocenters. The van der Waals surface area contributed by atoms with Crippen molar-refractivity contribution in [2.45, 2.75) is 12.1 Å². The zero-order chi connectivity index (χ0) is 22.7. The molecule has 1 fully saturated rings. The summed E-state index contributed by atoms with van der Waals surface area (Å²) in [6.07, 6.45) is 1.78. The summed E-state index contributed by atoms with van der Waals surface area (Å²) in [4.78, 5) is 25.8. The van der Waals surface area contributed by atoms with Gasteiger partial charge in [-0.25, -0.2) is 0 Å². The molecule has 0 bridgehead atoms. The maximum absolute atomic E-state index is 12.9. The van der Waals surface area contributed by atoms with E-state index < -0.39 is 12.1 Å². The van der Waals surface area contributed by atoms with Crippen molar-refractivity contribution < 1.29 is 19.0 Å². The minimum absolute atomic E-state index is 0.335. The van der Waals surface area contributed by atoms with Gasteiger partial charge in [0.25, 0.3) is 5.91 Å². The molecule has 0 aliphatic carbocycles. The summed E-state index contributed by atoms with van der Waals surface area (Å²) in [6, 6.07) is 19.7. The summed E-state index contributed by atoms with van der Waals surface area (Å²) in [5, 5.41) is 3.95. The van der Waals surface area contributed by atoms with E-state index in [9.17, 15) is 9.59 Å². The van der Waals surface area contributed by atoms with Gasteiger partial charge in [-0.2, -0.15) is 0 Å². The largest absolute Gasteiger partial charge is 0.496 e. The highest BCUT2D eigenvalue weighted by Gasteiger charge is 2.47. The molecule has 1 aliphatic heterocycles. The lowest BCUT2D eigenvalue weighted by atomic mass is 9.99. The molecule has 0 saturated carbocycles. The van der Waals surface area contributed by atoms with E-state index in [1.165, 1.54) is 0 Å². The van der Waals surface area contributed by atoms with Crippen molar-refractivity contribution in [3.63, 3.8) is 0 Å². The van der Waals surface area contributed by atoms with Crippen LogP contribution in [0.25, 0.3) is 0 Å². The van der Waals surface area contributed by atoms with E-state index in [1.54, 1.807) is 54.4 Å². The number of nitrogens with one attached hydrogen (secondary N) is 2. The zero-order valence-corrected chi connectivity index (χ0v) is 18.6. The third-order valence-corrected chi connectivity index (χ3v) is 5.66. The number of hydrogen-bond donors (Lipinski definition) is 2. The molecule has 6 nitrogen and oxygen atoms in total. The third-order valence-electron chi connectivity index (χ3n) is 5.16. The van der Waals surface area contributed by atoms with Crippen molar-refractivity contribution >= 4 is 41.2 Å². The van der Waals surface area contributed by atoms with Gasteiger partial charge in [0.2, 0.25) is 12.3 Å². The van der Waals surface area contributed by atoms with E-state index in [0.717, 1.165) is 11.1 Å². The number of methoxy groups -OCH3 is 1. The number of halogens is 2. The van der Waals surface area contributed by atoms with Crippen LogP contribution >= 0.6 is 23.2 Å². The van der Waals surface area contributed by atoms with Crippen molar-refractivity contribution in [2.24, 2.45) is 0 Å². The topological polar surface area (TPSA) is 70.4 Å². The predicted molar refractivity (Wildman–Crippen MR) is 123 cm³/mol. The SMILES string of the molecule is COc1ccccc1/C=[N+]1\NC(=O)[C@@H](NC(=O)c2ccc(Cl)cc2)[C@H]1c1ccc(Cl)cc1. The van der Waals surface area contributed by atoms with E-state index in [-0.39, 0.29) is 11.8 Å². The van der Waals surface area contributed by atoms with Crippen LogP contribution in [-0.4, -0.2) is 35.9 Å². The average Bonchev–Trinajstić information content (AvgIpc) is 3.09. The molecule has 1 aliphatic rings. The number of carbonyl (C=O) groups is 2. The smallest absolute Gasteiger partial charge is 0.304 e. The Labute approximate surface area is 195 Å². The molecule has 3 aromatic carbocycles. The zero-order valence-electron chi connectivity index (χ0n) is 17.1. The second kappa shape index (κ2) is 9.42. The van der Waals surface area contributed by atoms with E-state index in [1.807, 2.05) is 36.4 Å². The van der Waals surface area contributed by atoms with Crippen LogP contribution in [0.2, 0.25) is 10.0 Å². The van der Waals surface area contributed by atoms with Crippen LogP contribution in [0.5, 0.6) is 5.75 Å². The van der Waals surface area contributed by atoms with Crippen molar-refractivity contribution in [3.8, 4) is 5.75 Å². The van der Waals surface area contributed by atoms with Crippen LogP contribution in [0.3, 0.4) is 0 Å². The van der Waals surface area contributed by atoms with Gasteiger partial charge in [0, 0.05) is 21.2 Å². The Bertz CT molecular complexity index is 1180. The van der Waals surface area contributed by atoms with Crippen LogP contribution in [0.4, 0.5) is 0 Å². The number of rotatable bonds is 5. The summed E-state index contributed by atoms with van der Waals surface area (Å²) < 4.78 is 7.11. The predicted octanol–water partition coefficient (Wildman–Crippen LogP) is 4.02. The molecule has 3 aromatic rings. The average molecular weight is 469 g/mol. The molecule has 1 saturated heterocycles. The molecule has 32 heavy (non-hydrogen) atoms. The third kappa shape index (κ3) is 4.61. The number of ether oxygens (including phenoxy) is 1. The van der Waals surface area contributed by atoms with E-state index in [0.29, 0.717) is 21.4 Å². The van der Waals surface area contributed by atoms with Crippen LogP contribution in [0.15, 0.2) is 72.8 Å². The molecular formula is C24H20Cl2N3O3+. The highest BCUT2D eigenvalue weighted by atomic mass is 35.5. The van der Waals surface area contributed by atoms with E-state index in [2.05, 4.69) is 10.7 Å². The van der Waals surface area contributed by atoms with Crippen LogP contribution < -0.4 is 15.5 Å². The van der Waals surface area contributed by atoms with Gasteiger partial charge in [0.05, 0.1) is 12.7 Å². The van der Waals surface area contributed by atoms with Gasteiger partial charge in [-0.1, -0.05) is 47.5 Å². The number of hydrazine groups is 1. The highest BCUT2D eigenvalue weighted by molar-refractivity contribution is 6.30. The van der Waals surface area contributed by atoms with Crippen molar-refractivity contribution in [3.05, 3.63) is 99.5 Å². The van der Waals surface area contributed by atoms with Gasteiger partial charge >= 0.3 is 5.91 Å². The Hall–Kier alpha value is -3.35. The summed E-state index contributed by atoms with van der Waals surface area (Å²) in [5.74, 6) is -0.0522. The minimum Gasteiger partial charge on any atom is -0.496 e. The lowest BCUT2D eigenvalue weighted by Crippen LogP contribution is -2.42. The number of hydrazone groups is 1. The standard InChI is InChI=1S/C24H19Cl2N3O3/c1-32-20-5-3-2-4-17(20)14-29-22(15-6-10-18(25)11-7-15)21(24(31)28-29)27-23(30)16-8-12-19(26)13-9-16/h2-14,21-22H,1H3,(H-,27,28,30,31)/p+1/b29-14-/t21-,22+/m0/s1. The summed E-state index contributed by atoms with van der Waals surface area (Å²) in [5.41, 5.74) is 4.84. The quantitative estimate of drug-likeness (QED) is 0.555. The molecule has 4 rings (SSSR count). The number of benzene rings is 3. The van der Waals surface area contributed by atoms with Crippen LogP contribution in [-0.2, 0) is 4.79 Å². The first kappa shape index (κ1) is 21.9. The molecule has 0 spiro atoms. The van der Waals surface area contributed by atoms with Gasteiger partial charge in [-0.05, 0) is 48.5 Å². The van der Waals surface area contributed by atoms with Crippen LogP contribution in [0.1, 0.15) is 27.5 Å². The van der Waals surface area contributed by atoms with Gasteiger partial charge < -0.3 is 10.1 Å². The number of para-hydroxylation sites is 1. The van der Waals surface area contributed by atoms with Gasteiger partial charge in [-0.15, -0.1) is 10.1 Å². The summed E-state index contributed by atoms with van der Waals surface area (Å²) in [6.45, 7) is 0. The number of amides is 2. The molecule has 1 heterocycles. The Morgan fingerprint density at radius 1 is 1.00 bits per heavy atom. The van der Waals surface area contributed by atoms with Gasteiger partial charge in [0.1, 0.15) is 5.75 Å². The maximum atomic E-state index is 12.9. The van der Waals surface area contributed by atoms with E-state index >= 15 is 0 Å². The van der Waals surface area contributed by atoms with Gasteiger partial charge in [0.15, 0.2) is 6.04 Å². The maximum Gasteiger partial charge on any atom is 0.304 e. The lowest BCUT2D eigenvalue weighted by Gasteiger charge is -2.15. The molecule has 2 N–H and O–H groups in total. The second-order valence-corrected chi connectivity index (χ2v) is 8.08. The van der Waals surface area contributed by atoms with Crippen molar-refractivity contribution in [1.82, 2.24) is 10.7 Å². The fourth-order valence-corrected chi connectivity index (χ4v) is 3.84. The first-order valence-electron chi connectivity index (χ1n) is 9.85. The van der Waals surface area contributed by atoms with Crippen LogP contribution in [0, 0.1) is 0 Å². The summed E-state index contributed by atoms with van der Waals surface area (Å²) >= 11 is 12.0. The number of hydrogen-bond acceptors (Lipinski definition) is 3. The fraction of sp³-hybridized carbons (Fsp3) is 0.125. The molecule has 2 amide bonds. The van der Waals surface area contributed by atoms with E-state index in [4.69, 9.17) is 27.9 Å². The first-order valence-corrected chi connectivity index (χ1v) is 10.6. The van der Waals surface area contributed by atoms with Crippen molar-refractivity contribution in [1.29, 1.82) is 0 Å². The molecule has 0 radical (unpaired) electrons. The molecular weight excluding hydrogens is 449 g/mol. The Balaban J connectivity index is 1.72. The molecule has 0 aromatic heterocycles. The monoisotopic (exact) mass is 468 g/mol. The minimum atomic E-state index is -0.842. The van der Waals surface area contributed by atoms with Gasteiger partial charge in [-0.3, -0.25) is 9.59 Å². The number of nitrogens with zero attached hydrogens (tertiary/aromatic N) is 1. The Kier molecular flexibility index (Phi) is 6.44. The Morgan fingerprint density at radius 3 is 2.28 bits per heavy atom. The normalized spacial score (nSPS) is 19.0. The molecule has 162 valence electrons. The number of carbonyl (C=O) groups excluding carboxylic acids is 2. The Morgan fingerprint density at radius 2 is 1.62 bits per heavy atom. The van der Waals surface area contributed by atoms with Crippen molar-refractivity contribution in [2.75, 3.05) is 7.11 Å². The molecule has 0 unspecified atom stereocenters. The highest BCUT2D eigenvalue weighted by Crippen LogP contribution is 2.27. The molecule has 8 heteroatoms. The first-order chi connectivity index (χ1) is 15.5. The second-order valence-electron chi connectivity index (χ2n) is 7.21. The lowest BCUT2D eigenvalue weighted by molar-refractivity contribution is -0.596. The summed E-state index contributed by atoms with van der Waals surface area (Å²) in [7, 11) is 1.58.